The molecule has 2 heterocycles. The van der Waals surface area contributed by atoms with Crippen molar-refractivity contribution in [1.29, 1.82) is 0 Å². The van der Waals surface area contributed by atoms with Crippen LogP contribution in [0.15, 0.2) is 43.2 Å². The molecule has 0 spiro atoms. The van der Waals surface area contributed by atoms with E-state index in [1.807, 2.05) is 6.92 Å². The lowest BCUT2D eigenvalue weighted by Crippen LogP contribution is -2.40. The topological polar surface area (TPSA) is 68.8 Å². The van der Waals surface area contributed by atoms with Crippen LogP contribution in [0.4, 0.5) is 8.78 Å². The van der Waals surface area contributed by atoms with E-state index in [1.54, 1.807) is 19.3 Å². The SMILES string of the molecule is CC(Cl)CC#Cc1cnn([C@H](C)[C@](O)(Cn2cncn2)c2ccc(F)cc2F)c1. The minimum atomic E-state index is -1.78. The molecular weight excluding hydrogens is 400 g/mol. The highest BCUT2D eigenvalue weighted by molar-refractivity contribution is 6.20. The molecule has 3 rings (SSSR count). The molecule has 2 aromatic heterocycles. The Morgan fingerprint density at radius 2 is 2.07 bits per heavy atom. The summed E-state index contributed by atoms with van der Waals surface area (Å²) in [5, 5.41) is 19.7. The zero-order valence-corrected chi connectivity index (χ0v) is 16.7. The fourth-order valence-electron chi connectivity index (χ4n) is 2.97. The van der Waals surface area contributed by atoms with Gasteiger partial charge in [0.15, 0.2) is 0 Å². The van der Waals surface area contributed by atoms with Crippen molar-refractivity contribution in [3.8, 4) is 11.8 Å². The second-order valence-corrected chi connectivity index (χ2v) is 7.56. The van der Waals surface area contributed by atoms with Gasteiger partial charge in [0.1, 0.15) is 29.9 Å². The van der Waals surface area contributed by atoms with Crippen molar-refractivity contribution in [3.05, 3.63) is 66.0 Å². The number of aromatic nitrogens is 5. The molecule has 1 N–H and O–H groups in total. The zero-order chi connectivity index (χ0) is 21.0. The summed E-state index contributed by atoms with van der Waals surface area (Å²) in [6.07, 6.45) is 6.46. The van der Waals surface area contributed by atoms with Crippen molar-refractivity contribution in [2.75, 3.05) is 0 Å². The largest absolute Gasteiger partial charge is 0.381 e. The van der Waals surface area contributed by atoms with Crippen molar-refractivity contribution in [1.82, 2.24) is 24.5 Å². The minimum Gasteiger partial charge on any atom is -0.381 e. The fourth-order valence-corrected chi connectivity index (χ4v) is 3.05. The number of rotatable bonds is 6. The van der Waals surface area contributed by atoms with Gasteiger partial charge in [-0.3, -0.25) is 4.68 Å². The lowest BCUT2D eigenvalue weighted by Gasteiger charge is -2.34. The Hall–Kier alpha value is -2.76. The molecule has 0 fully saturated rings. The lowest BCUT2D eigenvalue weighted by molar-refractivity contribution is -0.0369. The van der Waals surface area contributed by atoms with E-state index < -0.39 is 23.3 Å². The number of hydrogen-bond donors (Lipinski definition) is 1. The predicted octanol–water partition coefficient (Wildman–Crippen LogP) is 3.27. The summed E-state index contributed by atoms with van der Waals surface area (Å²) in [5.41, 5.74) is -1.22. The molecule has 0 saturated carbocycles. The molecule has 0 aliphatic carbocycles. The Morgan fingerprint density at radius 1 is 1.28 bits per heavy atom. The molecule has 6 nitrogen and oxygen atoms in total. The average Bonchev–Trinajstić information content (AvgIpc) is 3.32. The summed E-state index contributed by atoms with van der Waals surface area (Å²) < 4.78 is 30.9. The third-order valence-corrected chi connectivity index (χ3v) is 4.73. The molecule has 0 saturated heterocycles. The van der Waals surface area contributed by atoms with Gasteiger partial charge in [0, 0.05) is 29.6 Å². The van der Waals surface area contributed by atoms with E-state index in [9.17, 15) is 13.9 Å². The van der Waals surface area contributed by atoms with Crippen LogP contribution in [-0.2, 0) is 12.1 Å². The van der Waals surface area contributed by atoms with Crippen molar-refractivity contribution in [2.45, 2.75) is 43.8 Å². The Labute approximate surface area is 172 Å². The Balaban J connectivity index is 1.97. The van der Waals surface area contributed by atoms with E-state index in [0.717, 1.165) is 12.1 Å². The lowest BCUT2D eigenvalue weighted by atomic mass is 9.86. The molecule has 29 heavy (non-hydrogen) atoms. The van der Waals surface area contributed by atoms with Crippen LogP contribution in [-0.4, -0.2) is 35.0 Å². The van der Waals surface area contributed by atoms with Crippen LogP contribution in [0.5, 0.6) is 0 Å². The maximum Gasteiger partial charge on any atom is 0.137 e. The average molecular weight is 420 g/mol. The quantitative estimate of drug-likeness (QED) is 0.492. The molecular formula is C20H20ClF2N5O. The monoisotopic (exact) mass is 419 g/mol. The second kappa shape index (κ2) is 8.72. The predicted molar refractivity (Wildman–Crippen MR) is 104 cm³/mol. The third kappa shape index (κ3) is 4.81. The normalized spacial score (nSPS) is 15.2. The number of benzene rings is 1. The fraction of sp³-hybridized carbons (Fsp3) is 0.350. The van der Waals surface area contributed by atoms with E-state index >= 15 is 0 Å². The number of hydrogen-bond acceptors (Lipinski definition) is 4. The van der Waals surface area contributed by atoms with Gasteiger partial charge in [-0.1, -0.05) is 17.9 Å². The molecule has 0 aliphatic rings. The summed E-state index contributed by atoms with van der Waals surface area (Å²) >= 11 is 5.89. The van der Waals surface area contributed by atoms with Crippen molar-refractivity contribution in [3.63, 3.8) is 0 Å². The Kier molecular flexibility index (Phi) is 6.30. The summed E-state index contributed by atoms with van der Waals surface area (Å²) in [5.74, 6) is 4.32. The van der Waals surface area contributed by atoms with Gasteiger partial charge < -0.3 is 5.11 Å². The molecule has 9 heteroatoms. The van der Waals surface area contributed by atoms with Crippen LogP contribution in [0.2, 0.25) is 0 Å². The molecule has 1 unspecified atom stereocenters. The van der Waals surface area contributed by atoms with Crippen LogP contribution in [0.25, 0.3) is 0 Å². The van der Waals surface area contributed by atoms with Gasteiger partial charge in [0.05, 0.1) is 24.3 Å². The number of nitrogens with zero attached hydrogens (tertiary/aromatic N) is 5. The van der Waals surface area contributed by atoms with Crippen LogP contribution in [0.3, 0.4) is 0 Å². The highest BCUT2D eigenvalue weighted by Crippen LogP contribution is 2.36. The van der Waals surface area contributed by atoms with E-state index in [4.69, 9.17) is 11.6 Å². The molecule has 0 radical (unpaired) electrons. The maximum atomic E-state index is 14.6. The van der Waals surface area contributed by atoms with E-state index in [1.165, 1.54) is 28.1 Å². The molecule has 1 aromatic carbocycles. The standard InChI is InChI=1S/C20H20ClF2N5O/c1-14(21)4-3-5-16-9-25-28(10-16)15(2)20(29,11-27-13-24-12-26-27)18-7-6-17(22)8-19(18)23/h6-10,12-15,29H,4,11H2,1-2H3/t14?,15-,20-/m1/s1. The summed E-state index contributed by atoms with van der Waals surface area (Å²) in [6.45, 7) is 3.43. The summed E-state index contributed by atoms with van der Waals surface area (Å²) in [4.78, 5) is 3.86. The van der Waals surface area contributed by atoms with Crippen LogP contribution < -0.4 is 0 Å². The first-order chi connectivity index (χ1) is 13.8. The van der Waals surface area contributed by atoms with E-state index in [-0.39, 0.29) is 17.5 Å². The van der Waals surface area contributed by atoms with Crippen LogP contribution in [0, 0.1) is 23.5 Å². The van der Waals surface area contributed by atoms with Crippen LogP contribution in [0.1, 0.15) is 37.4 Å². The first-order valence-corrected chi connectivity index (χ1v) is 9.40. The molecule has 152 valence electrons. The van der Waals surface area contributed by atoms with E-state index in [0.29, 0.717) is 12.0 Å². The van der Waals surface area contributed by atoms with E-state index in [2.05, 4.69) is 27.0 Å². The number of alkyl halides is 1. The van der Waals surface area contributed by atoms with Crippen LogP contribution >= 0.6 is 11.6 Å². The first kappa shape index (κ1) is 21.0. The highest BCUT2D eigenvalue weighted by atomic mass is 35.5. The maximum absolute atomic E-state index is 14.6. The first-order valence-electron chi connectivity index (χ1n) is 8.97. The van der Waals surface area contributed by atoms with Gasteiger partial charge in [-0.2, -0.15) is 10.2 Å². The zero-order valence-electron chi connectivity index (χ0n) is 15.9. The number of aliphatic hydroxyl groups is 1. The van der Waals surface area contributed by atoms with Gasteiger partial charge in [0.25, 0.3) is 0 Å². The van der Waals surface area contributed by atoms with Gasteiger partial charge in [-0.15, -0.1) is 11.6 Å². The molecule has 3 atom stereocenters. The molecule has 0 bridgehead atoms. The van der Waals surface area contributed by atoms with Crippen molar-refractivity contribution < 1.29 is 13.9 Å². The smallest absolute Gasteiger partial charge is 0.137 e. The third-order valence-electron chi connectivity index (χ3n) is 4.57. The highest BCUT2D eigenvalue weighted by Gasteiger charge is 2.40. The van der Waals surface area contributed by atoms with Gasteiger partial charge >= 0.3 is 0 Å². The summed E-state index contributed by atoms with van der Waals surface area (Å²) in [6, 6.07) is 2.34. The Bertz CT molecular complexity index is 1030. The molecule has 0 aliphatic heterocycles. The molecule has 3 aromatic rings. The Morgan fingerprint density at radius 3 is 2.72 bits per heavy atom. The second-order valence-electron chi connectivity index (χ2n) is 6.81. The van der Waals surface area contributed by atoms with Crippen molar-refractivity contribution in [2.24, 2.45) is 0 Å². The minimum absolute atomic E-state index is 0.0642. The van der Waals surface area contributed by atoms with Gasteiger partial charge in [0.2, 0.25) is 0 Å². The van der Waals surface area contributed by atoms with Crippen molar-refractivity contribution >= 4 is 11.6 Å². The number of halogens is 3. The molecule has 0 amide bonds. The summed E-state index contributed by atoms with van der Waals surface area (Å²) in [7, 11) is 0. The van der Waals surface area contributed by atoms with Gasteiger partial charge in [-0.05, 0) is 19.9 Å². The van der Waals surface area contributed by atoms with Gasteiger partial charge in [-0.25, -0.2) is 18.4 Å².